The molecule has 4 aromatic rings. The number of carbonyl (C=O) groups excluding carboxylic acids is 1. The number of nitrogens with zero attached hydrogens (tertiary/aromatic N) is 6. The van der Waals surface area contributed by atoms with E-state index in [2.05, 4.69) is 37.2 Å². The standard InChI is InChI=1S/C34H39ClF2N8O2/c1-33-9-4-5-11-44(18-33)31-23-15-38-30(27-21(7-2-3-8-26(46)42-33)24(35)13-25-22(27)16-39-43-25)28(37)29(23)40-32(41-31)47-19-34-10-6-12-45(34)17-20(36)14-34/h13,15-16,20H,2-12,14,17-19H2,1H3,(H,39,43)(H,42,46)/t20-,33?,34+/m1/s1. The second-order valence-electron chi connectivity index (χ2n) is 14.1. The molecule has 13 heteroatoms. The molecule has 3 atom stereocenters. The molecule has 3 saturated heterocycles. The maximum Gasteiger partial charge on any atom is 0.319 e. The van der Waals surface area contributed by atoms with Crippen molar-refractivity contribution in [2.75, 3.05) is 37.7 Å². The largest absolute Gasteiger partial charge is 0.461 e. The molecule has 9 rings (SSSR count). The molecule has 1 unspecified atom stereocenters. The molecule has 1 aromatic carbocycles. The Morgan fingerprint density at radius 2 is 1.96 bits per heavy atom. The first-order chi connectivity index (χ1) is 22.7. The summed E-state index contributed by atoms with van der Waals surface area (Å²) in [6.45, 7) is 4.68. The first-order valence-electron chi connectivity index (χ1n) is 16.8. The summed E-state index contributed by atoms with van der Waals surface area (Å²) in [6, 6.07) is 1.84. The molecule has 47 heavy (non-hydrogen) atoms. The van der Waals surface area contributed by atoms with Gasteiger partial charge in [0.1, 0.15) is 29.8 Å². The molecular weight excluding hydrogens is 626 g/mol. The highest BCUT2D eigenvalue weighted by Crippen LogP contribution is 2.42. The zero-order valence-corrected chi connectivity index (χ0v) is 27.3. The van der Waals surface area contributed by atoms with Crippen LogP contribution in [0.5, 0.6) is 6.01 Å². The van der Waals surface area contributed by atoms with Crippen LogP contribution in [0.25, 0.3) is 33.1 Å². The van der Waals surface area contributed by atoms with Crippen LogP contribution in [0.1, 0.15) is 70.3 Å². The second kappa shape index (κ2) is 11.8. The highest BCUT2D eigenvalue weighted by molar-refractivity contribution is 6.33. The van der Waals surface area contributed by atoms with Gasteiger partial charge in [0.05, 0.1) is 28.2 Å². The molecule has 10 nitrogen and oxygen atoms in total. The van der Waals surface area contributed by atoms with E-state index in [9.17, 15) is 9.18 Å². The molecule has 5 aliphatic heterocycles. The molecule has 0 radical (unpaired) electrons. The van der Waals surface area contributed by atoms with E-state index >= 15 is 4.39 Å². The summed E-state index contributed by atoms with van der Waals surface area (Å²) in [4.78, 5) is 31.8. The third-order valence-corrected chi connectivity index (χ3v) is 11.0. The van der Waals surface area contributed by atoms with Crippen molar-refractivity contribution >= 4 is 45.1 Å². The summed E-state index contributed by atoms with van der Waals surface area (Å²) >= 11 is 6.83. The number of H-pyrrole nitrogens is 1. The number of alkyl halides is 1. The van der Waals surface area contributed by atoms with E-state index in [0.29, 0.717) is 84.4 Å². The molecule has 248 valence electrons. The van der Waals surface area contributed by atoms with Crippen LogP contribution in [0.2, 0.25) is 5.02 Å². The van der Waals surface area contributed by atoms with E-state index in [-0.39, 0.29) is 29.7 Å². The van der Waals surface area contributed by atoms with Gasteiger partial charge < -0.3 is 15.0 Å². The van der Waals surface area contributed by atoms with E-state index in [1.165, 1.54) is 0 Å². The fraction of sp³-hybridized carbons (Fsp3) is 0.559. The molecular formula is C34H39ClF2N8O2. The zero-order valence-electron chi connectivity index (χ0n) is 26.5. The molecule has 6 bridgehead atoms. The van der Waals surface area contributed by atoms with Crippen molar-refractivity contribution in [1.29, 1.82) is 0 Å². The van der Waals surface area contributed by atoms with Crippen LogP contribution in [0.4, 0.5) is 14.6 Å². The number of fused-ring (bicyclic) bond motifs is 8. The Morgan fingerprint density at radius 1 is 1.09 bits per heavy atom. The van der Waals surface area contributed by atoms with Gasteiger partial charge in [-0.1, -0.05) is 11.6 Å². The maximum absolute atomic E-state index is 17.1. The number of rotatable bonds is 3. The Balaban J connectivity index is 1.31. The van der Waals surface area contributed by atoms with Crippen LogP contribution in [-0.4, -0.2) is 86.0 Å². The van der Waals surface area contributed by atoms with E-state index in [0.717, 1.165) is 44.2 Å². The molecule has 0 spiro atoms. The average molecular weight is 665 g/mol. The Hall–Kier alpha value is -3.64. The third kappa shape index (κ3) is 5.47. The minimum atomic E-state index is -0.901. The van der Waals surface area contributed by atoms with Crippen LogP contribution < -0.4 is 15.0 Å². The molecule has 3 fully saturated rings. The molecule has 0 saturated carbocycles. The van der Waals surface area contributed by atoms with E-state index in [4.69, 9.17) is 26.3 Å². The van der Waals surface area contributed by atoms with Gasteiger partial charge in [0.2, 0.25) is 5.91 Å². The van der Waals surface area contributed by atoms with Crippen LogP contribution in [0, 0.1) is 5.82 Å². The normalized spacial score (nSPS) is 26.9. The molecule has 1 amide bonds. The molecule has 8 heterocycles. The van der Waals surface area contributed by atoms with Gasteiger partial charge in [0.15, 0.2) is 5.82 Å². The van der Waals surface area contributed by atoms with Gasteiger partial charge in [-0.15, -0.1) is 0 Å². The molecule has 2 N–H and O–H groups in total. The Bertz CT molecular complexity index is 1870. The number of aromatic nitrogens is 5. The Labute approximate surface area is 276 Å². The van der Waals surface area contributed by atoms with Gasteiger partial charge in [-0.25, -0.2) is 8.78 Å². The second-order valence-corrected chi connectivity index (χ2v) is 14.5. The number of aromatic amines is 1. The van der Waals surface area contributed by atoms with Crippen LogP contribution in [0.15, 0.2) is 18.5 Å². The SMILES string of the molecule is CC12CCCCN(C1)c1nc(OC[C@@]34CCCN3C[C@H](F)C4)nc3c(F)c(ncc13)-c1c(c(Cl)cc3[nH]ncc13)CCCCC(=O)N2. The van der Waals surface area contributed by atoms with Crippen molar-refractivity contribution in [3.63, 3.8) is 0 Å². The fourth-order valence-electron chi connectivity index (χ4n) is 8.43. The lowest BCUT2D eigenvalue weighted by Crippen LogP contribution is -2.53. The molecule has 5 aliphatic rings. The van der Waals surface area contributed by atoms with Gasteiger partial charge in [-0.05, 0) is 76.5 Å². The van der Waals surface area contributed by atoms with Gasteiger partial charge in [0, 0.05) is 54.6 Å². The fourth-order valence-corrected chi connectivity index (χ4v) is 8.73. The summed E-state index contributed by atoms with van der Waals surface area (Å²) in [6.07, 6.45) is 9.47. The van der Waals surface area contributed by atoms with Crippen molar-refractivity contribution in [2.24, 2.45) is 0 Å². The Morgan fingerprint density at radius 3 is 2.85 bits per heavy atom. The number of pyridine rings is 1. The molecule has 0 aliphatic carbocycles. The number of anilines is 1. The molecule has 3 aromatic heterocycles. The lowest BCUT2D eigenvalue weighted by Gasteiger charge is -2.35. The Kier molecular flexibility index (Phi) is 7.70. The monoisotopic (exact) mass is 664 g/mol. The lowest BCUT2D eigenvalue weighted by molar-refractivity contribution is -0.122. The van der Waals surface area contributed by atoms with Crippen LogP contribution in [0.3, 0.4) is 0 Å². The number of halogens is 3. The van der Waals surface area contributed by atoms with E-state index in [1.54, 1.807) is 18.5 Å². The van der Waals surface area contributed by atoms with Crippen LogP contribution >= 0.6 is 11.6 Å². The quantitative estimate of drug-likeness (QED) is 0.278. The average Bonchev–Trinajstić information content (AvgIpc) is 3.69. The minimum Gasteiger partial charge on any atom is -0.461 e. The highest BCUT2D eigenvalue weighted by atomic mass is 35.5. The minimum absolute atomic E-state index is 0.00839. The first-order valence-corrected chi connectivity index (χ1v) is 17.2. The number of ether oxygens (including phenoxy) is 1. The lowest BCUT2D eigenvalue weighted by atomic mass is 9.93. The van der Waals surface area contributed by atoms with Gasteiger partial charge >= 0.3 is 6.01 Å². The summed E-state index contributed by atoms with van der Waals surface area (Å²) in [7, 11) is 0. The van der Waals surface area contributed by atoms with Gasteiger partial charge in [-0.2, -0.15) is 15.1 Å². The number of hydrogen-bond acceptors (Lipinski definition) is 8. The topological polar surface area (TPSA) is 112 Å². The van der Waals surface area contributed by atoms with Crippen molar-refractivity contribution in [3.8, 4) is 17.3 Å². The highest BCUT2D eigenvalue weighted by Gasteiger charge is 2.49. The number of benzene rings is 1. The number of carbonyl (C=O) groups is 1. The number of amides is 1. The maximum atomic E-state index is 17.1. The summed E-state index contributed by atoms with van der Waals surface area (Å²) in [5.74, 6) is -0.0767. The van der Waals surface area contributed by atoms with Crippen molar-refractivity contribution < 1.29 is 18.3 Å². The predicted molar refractivity (Wildman–Crippen MR) is 176 cm³/mol. The summed E-state index contributed by atoms with van der Waals surface area (Å²) < 4.78 is 38.0. The van der Waals surface area contributed by atoms with Gasteiger partial charge in [-0.3, -0.25) is 19.8 Å². The van der Waals surface area contributed by atoms with Crippen molar-refractivity contribution in [3.05, 3.63) is 34.9 Å². The predicted octanol–water partition coefficient (Wildman–Crippen LogP) is 5.91. The summed E-state index contributed by atoms with van der Waals surface area (Å²) in [5.41, 5.74) is 1.26. The van der Waals surface area contributed by atoms with Gasteiger partial charge in [0.25, 0.3) is 0 Å². The summed E-state index contributed by atoms with van der Waals surface area (Å²) in [5, 5.41) is 12.1. The van der Waals surface area contributed by atoms with E-state index < -0.39 is 23.1 Å². The van der Waals surface area contributed by atoms with Crippen molar-refractivity contribution in [1.82, 2.24) is 35.4 Å². The zero-order chi connectivity index (χ0) is 32.3. The van der Waals surface area contributed by atoms with Crippen molar-refractivity contribution in [2.45, 2.75) is 88.4 Å². The number of nitrogens with one attached hydrogen (secondary N) is 2. The van der Waals surface area contributed by atoms with E-state index in [1.807, 2.05) is 0 Å². The smallest absolute Gasteiger partial charge is 0.319 e. The third-order valence-electron chi connectivity index (χ3n) is 10.7. The first kappa shape index (κ1) is 30.7. The number of hydrogen-bond donors (Lipinski definition) is 2. The van der Waals surface area contributed by atoms with Crippen LogP contribution in [-0.2, 0) is 11.2 Å².